The van der Waals surface area contributed by atoms with Gasteiger partial charge in [0.15, 0.2) is 0 Å². The molecule has 0 heterocycles. The Morgan fingerprint density at radius 1 is 0.882 bits per heavy atom. The third-order valence-corrected chi connectivity index (χ3v) is 2.75. The molecule has 0 atom stereocenters. The van der Waals surface area contributed by atoms with Crippen molar-refractivity contribution in [2.45, 2.75) is 19.4 Å². The highest BCUT2D eigenvalue weighted by molar-refractivity contribution is 5.52. The van der Waals surface area contributed by atoms with E-state index in [9.17, 15) is 0 Å². The quantitative estimate of drug-likeness (QED) is 0.813. The molecule has 2 rings (SSSR count). The second kappa shape index (κ2) is 4.50. The van der Waals surface area contributed by atoms with Gasteiger partial charge in [-0.15, -0.1) is 0 Å². The average molecular weight is 227 g/mol. The standard InChI is InChI=1S/C15H17NO/c1-15(2,12-8-4-3-5-9-12)17-14-11-7-6-10-13(14)16/h3-11H,16H2,1-2H3. The summed E-state index contributed by atoms with van der Waals surface area (Å²) >= 11 is 0. The van der Waals surface area contributed by atoms with Crippen molar-refractivity contribution in [3.63, 3.8) is 0 Å². The van der Waals surface area contributed by atoms with Gasteiger partial charge in [-0.25, -0.2) is 0 Å². The van der Waals surface area contributed by atoms with Crippen LogP contribution >= 0.6 is 0 Å². The summed E-state index contributed by atoms with van der Waals surface area (Å²) in [6, 6.07) is 17.7. The number of nitrogen functional groups attached to an aromatic ring is 1. The average Bonchev–Trinajstić information content (AvgIpc) is 2.33. The van der Waals surface area contributed by atoms with Crippen LogP contribution in [0.15, 0.2) is 54.6 Å². The predicted octanol–water partition coefficient (Wildman–Crippen LogP) is 3.58. The highest BCUT2D eigenvalue weighted by atomic mass is 16.5. The van der Waals surface area contributed by atoms with E-state index in [0.717, 1.165) is 11.3 Å². The smallest absolute Gasteiger partial charge is 0.143 e. The SMILES string of the molecule is CC(C)(Oc1ccccc1N)c1ccccc1. The van der Waals surface area contributed by atoms with Crippen molar-refractivity contribution in [1.82, 2.24) is 0 Å². The molecule has 0 aliphatic rings. The summed E-state index contributed by atoms with van der Waals surface area (Å²) in [4.78, 5) is 0. The Morgan fingerprint density at radius 3 is 2.12 bits per heavy atom. The number of hydrogen-bond donors (Lipinski definition) is 1. The van der Waals surface area contributed by atoms with E-state index in [0.29, 0.717) is 5.69 Å². The van der Waals surface area contributed by atoms with Crippen molar-refractivity contribution in [3.05, 3.63) is 60.2 Å². The summed E-state index contributed by atoms with van der Waals surface area (Å²) in [6.07, 6.45) is 0. The third-order valence-electron chi connectivity index (χ3n) is 2.75. The largest absolute Gasteiger partial charge is 0.481 e. The monoisotopic (exact) mass is 227 g/mol. The normalized spacial score (nSPS) is 11.2. The maximum Gasteiger partial charge on any atom is 0.143 e. The molecule has 0 bridgehead atoms. The molecule has 0 aliphatic heterocycles. The maximum absolute atomic E-state index is 5.99. The van der Waals surface area contributed by atoms with Crippen LogP contribution in [0.3, 0.4) is 0 Å². The predicted molar refractivity (Wildman–Crippen MR) is 71.0 cm³/mol. The van der Waals surface area contributed by atoms with Crippen LogP contribution in [-0.2, 0) is 5.60 Å². The van der Waals surface area contributed by atoms with Crippen LogP contribution in [0, 0.1) is 0 Å². The molecule has 2 aromatic carbocycles. The van der Waals surface area contributed by atoms with Gasteiger partial charge in [-0.1, -0.05) is 42.5 Å². The zero-order valence-electron chi connectivity index (χ0n) is 10.2. The molecule has 88 valence electrons. The molecule has 0 spiro atoms. The summed E-state index contributed by atoms with van der Waals surface area (Å²) in [6.45, 7) is 4.07. The van der Waals surface area contributed by atoms with Gasteiger partial charge in [-0.05, 0) is 31.5 Å². The van der Waals surface area contributed by atoms with E-state index in [1.807, 2.05) is 56.3 Å². The van der Waals surface area contributed by atoms with Crippen LogP contribution < -0.4 is 10.5 Å². The van der Waals surface area contributed by atoms with E-state index in [2.05, 4.69) is 12.1 Å². The molecule has 0 aliphatic carbocycles. The van der Waals surface area contributed by atoms with Gasteiger partial charge < -0.3 is 10.5 Å². The second-order valence-electron chi connectivity index (χ2n) is 4.52. The molecule has 0 radical (unpaired) electrons. The minimum atomic E-state index is -0.392. The number of hydrogen-bond acceptors (Lipinski definition) is 2. The fraction of sp³-hybridized carbons (Fsp3) is 0.200. The fourth-order valence-electron chi connectivity index (χ4n) is 1.75. The van der Waals surface area contributed by atoms with E-state index in [1.54, 1.807) is 0 Å². The maximum atomic E-state index is 5.99. The van der Waals surface area contributed by atoms with Crippen molar-refractivity contribution in [1.29, 1.82) is 0 Å². The van der Waals surface area contributed by atoms with Gasteiger partial charge in [0.2, 0.25) is 0 Å². The Hall–Kier alpha value is -1.96. The topological polar surface area (TPSA) is 35.2 Å². The Kier molecular flexibility index (Phi) is 3.05. The highest BCUT2D eigenvalue weighted by Gasteiger charge is 2.22. The zero-order valence-corrected chi connectivity index (χ0v) is 10.2. The molecule has 0 aromatic heterocycles. The summed E-state index contributed by atoms with van der Waals surface area (Å²) in [7, 11) is 0. The lowest BCUT2D eigenvalue weighted by Gasteiger charge is -2.27. The molecule has 0 saturated heterocycles. The molecule has 0 fully saturated rings. The summed E-state index contributed by atoms with van der Waals surface area (Å²) in [5.41, 5.74) is 7.28. The van der Waals surface area contributed by atoms with Gasteiger partial charge in [0.05, 0.1) is 5.69 Å². The molecule has 2 aromatic rings. The first-order valence-corrected chi connectivity index (χ1v) is 5.68. The minimum Gasteiger partial charge on any atom is -0.481 e. The minimum absolute atomic E-state index is 0.392. The third kappa shape index (κ3) is 2.59. The van der Waals surface area contributed by atoms with E-state index in [4.69, 9.17) is 10.5 Å². The lowest BCUT2D eigenvalue weighted by molar-refractivity contribution is 0.110. The second-order valence-corrected chi connectivity index (χ2v) is 4.52. The molecule has 2 nitrogen and oxygen atoms in total. The number of anilines is 1. The molecule has 2 N–H and O–H groups in total. The van der Waals surface area contributed by atoms with Crippen molar-refractivity contribution >= 4 is 5.69 Å². The first kappa shape index (κ1) is 11.5. The zero-order chi connectivity index (χ0) is 12.3. The van der Waals surface area contributed by atoms with Crippen LogP contribution in [-0.4, -0.2) is 0 Å². The molecule has 2 heteroatoms. The summed E-state index contributed by atoms with van der Waals surface area (Å²) < 4.78 is 5.99. The van der Waals surface area contributed by atoms with E-state index >= 15 is 0 Å². The summed E-state index contributed by atoms with van der Waals surface area (Å²) in [5.74, 6) is 0.723. The number of para-hydroxylation sites is 2. The number of benzene rings is 2. The Labute approximate surface area is 102 Å². The van der Waals surface area contributed by atoms with Crippen LogP contribution in [0.1, 0.15) is 19.4 Å². The number of nitrogens with two attached hydrogens (primary N) is 1. The van der Waals surface area contributed by atoms with Gasteiger partial charge in [0, 0.05) is 0 Å². The molecule has 17 heavy (non-hydrogen) atoms. The fourth-order valence-corrected chi connectivity index (χ4v) is 1.75. The van der Waals surface area contributed by atoms with E-state index in [1.165, 1.54) is 0 Å². The van der Waals surface area contributed by atoms with Gasteiger partial charge in [-0.3, -0.25) is 0 Å². The van der Waals surface area contributed by atoms with E-state index in [-0.39, 0.29) is 0 Å². The van der Waals surface area contributed by atoms with Crippen LogP contribution in [0.5, 0.6) is 5.75 Å². The van der Waals surface area contributed by atoms with Crippen molar-refractivity contribution < 1.29 is 4.74 Å². The van der Waals surface area contributed by atoms with E-state index < -0.39 is 5.60 Å². The van der Waals surface area contributed by atoms with Gasteiger partial charge in [0.25, 0.3) is 0 Å². The van der Waals surface area contributed by atoms with Gasteiger partial charge >= 0.3 is 0 Å². The Morgan fingerprint density at radius 2 is 1.47 bits per heavy atom. The number of rotatable bonds is 3. The van der Waals surface area contributed by atoms with Gasteiger partial charge in [0.1, 0.15) is 11.4 Å². The summed E-state index contributed by atoms with van der Waals surface area (Å²) in [5, 5.41) is 0. The van der Waals surface area contributed by atoms with Crippen LogP contribution in [0.4, 0.5) is 5.69 Å². The molecular weight excluding hydrogens is 210 g/mol. The number of ether oxygens (including phenoxy) is 1. The Balaban J connectivity index is 2.27. The van der Waals surface area contributed by atoms with Crippen molar-refractivity contribution in [2.24, 2.45) is 0 Å². The first-order chi connectivity index (χ1) is 8.09. The van der Waals surface area contributed by atoms with Crippen molar-refractivity contribution in [3.8, 4) is 5.75 Å². The lowest BCUT2D eigenvalue weighted by atomic mass is 9.98. The molecule has 0 unspecified atom stereocenters. The van der Waals surface area contributed by atoms with Crippen LogP contribution in [0.25, 0.3) is 0 Å². The molecule has 0 saturated carbocycles. The lowest BCUT2D eigenvalue weighted by Crippen LogP contribution is -2.25. The first-order valence-electron chi connectivity index (χ1n) is 5.68. The van der Waals surface area contributed by atoms with Gasteiger partial charge in [-0.2, -0.15) is 0 Å². The van der Waals surface area contributed by atoms with Crippen molar-refractivity contribution in [2.75, 3.05) is 5.73 Å². The molecular formula is C15H17NO. The van der Waals surface area contributed by atoms with Crippen LogP contribution in [0.2, 0.25) is 0 Å². The Bertz CT molecular complexity index is 491. The highest BCUT2D eigenvalue weighted by Crippen LogP contribution is 2.30. The molecule has 0 amide bonds.